The Hall–Kier alpha value is -3.48. The maximum atomic E-state index is 14.1. The van der Waals surface area contributed by atoms with Crippen LogP contribution in [0.15, 0.2) is 34.0 Å². The summed E-state index contributed by atoms with van der Waals surface area (Å²) in [5.41, 5.74) is -3.42. The normalized spacial score (nSPS) is 20.5. The van der Waals surface area contributed by atoms with Gasteiger partial charge in [0.25, 0.3) is 5.56 Å². The number of alkyl halides is 3. The molecule has 1 fully saturated rings. The number of hydrogen-bond donors (Lipinski definition) is 3. The van der Waals surface area contributed by atoms with Crippen molar-refractivity contribution in [1.82, 2.24) is 14.9 Å². The molecule has 156 valence electrons. The Bertz CT molecular complexity index is 1210. The predicted molar refractivity (Wildman–Crippen MR) is 102 cm³/mol. The number of hydrogen-bond acceptors (Lipinski definition) is 3. The number of nitrogens with one attached hydrogen (secondary N) is 3. The molecule has 0 bridgehead atoms. The molecule has 2 amide bonds. The summed E-state index contributed by atoms with van der Waals surface area (Å²) in [5.74, 6) is 4.80. The molecule has 3 N–H and O–H groups in total. The Morgan fingerprint density at radius 1 is 1.23 bits per heavy atom. The first kappa shape index (κ1) is 19.8. The van der Waals surface area contributed by atoms with Crippen molar-refractivity contribution in [2.45, 2.75) is 38.0 Å². The molecule has 0 radical (unpaired) electrons. The molecule has 4 rings (SSSR count). The second-order valence-electron chi connectivity index (χ2n) is 7.45. The number of carbonyl (C=O) groups excluding carboxylic acids is 1. The lowest BCUT2D eigenvalue weighted by Gasteiger charge is -2.37. The predicted octanol–water partition coefficient (Wildman–Crippen LogP) is 2.20. The molecular weight excluding hydrogens is 401 g/mol. The number of fused-ring (bicyclic) bond motifs is 1. The second kappa shape index (κ2) is 6.79. The minimum Gasteiger partial charge on any atom is -0.310 e. The third-order valence-corrected chi connectivity index (χ3v) is 5.05. The highest BCUT2D eigenvalue weighted by atomic mass is 19.4. The van der Waals surface area contributed by atoms with Crippen molar-refractivity contribution in [2.24, 2.45) is 5.92 Å². The fourth-order valence-electron chi connectivity index (χ4n) is 3.28. The number of aromatic amines is 1. The van der Waals surface area contributed by atoms with Crippen LogP contribution in [0, 0.1) is 24.7 Å². The van der Waals surface area contributed by atoms with E-state index in [1.165, 1.54) is 35.9 Å². The van der Waals surface area contributed by atoms with E-state index in [2.05, 4.69) is 22.1 Å². The summed E-state index contributed by atoms with van der Waals surface area (Å²) in [5, 5.41) is 4.35. The number of rotatable bonds is 2. The van der Waals surface area contributed by atoms with Gasteiger partial charge < -0.3 is 10.6 Å². The number of urea groups is 1. The molecule has 1 aliphatic heterocycles. The molecule has 2 aliphatic rings. The largest absolute Gasteiger partial charge is 0.427 e. The number of carbonyl (C=O) groups is 1. The third kappa shape index (κ3) is 3.47. The SMILES string of the molecule is Cc1cn(Cc2ccc3c(c2)NC(=O)N[C@]3(C#CC2CC2)C(F)(F)F)c(=O)[nH]c1=O. The highest BCUT2D eigenvalue weighted by Gasteiger charge is 2.59. The van der Waals surface area contributed by atoms with Gasteiger partial charge in [0.05, 0.1) is 6.54 Å². The minimum atomic E-state index is -4.84. The summed E-state index contributed by atoms with van der Waals surface area (Å²) in [4.78, 5) is 37.7. The van der Waals surface area contributed by atoms with Crippen molar-refractivity contribution < 1.29 is 18.0 Å². The Balaban J connectivity index is 1.78. The summed E-state index contributed by atoms with van der Waals surface area (Å²) in [7, 11) is 0. The molecule has 10 heteroatoms. The molecule has 2 heterocycles. The molecule has 0 spiro atoms. The van der Waals surface area contributed by atoms with Gasteiger partial charge in [0.15, 0.2) is 0 Å². The van der Waals surface area contributed by atoms with Crippen LogP contribution < -0.4 is 21.9 Å². The van der Waals surface area contributed by atoms with Crippen molar-refractivity contribution in [2.75, 3.05) is 5.32 Å². The van der Waals surface area contributed by atoms with Gasteiger partial charge in [-0.2, -0.15) is 13.2 Å². The average molecular weight is 418 g/mol. The molecule has 0 unspecified atom stereocenters. The van der Waals surface area contributed by atoms with Crippen LogP contribution in [0.5, 0.6) is 0 Å². The monoisotopic (exact) mass is 418 g/mol. The zero-order valence-corrected chi connectivity index (χ0v) is 15.8. The van der Waals surface area contributed by atoms with E-state index in [1.807, 2.05) is 5.32 Å². The molecule has 7 nitrogen and oxygen atoms in total. The van der Waals surface area contributed by atoms with Crippen molar-refractivity contribution in [3.63, 3.8) is 0 Å². The lowest BCUT2D eigenvalue weighted by atomic mass is 9.85. The molecular formula is C20H17F3N4O3. The van der Waals surface area contributed by atoms with E-state index in [-0.39, 0.29) is 23.7 Å². The highest BCUT2D eigenvalue weighted by molar-refractivity contribution is 5.95. The maximum absolute atomic E-state index is 14.1. The van der Waals surface area contributed by atoms with Gasteiger partial charge >= 0.3 is 17.9 Å². The Morgan fingerprint density at radius 3 is 2.63 bits per heavy atom. The summed E-state index contributed by atoms with van der Waals surface area (Å²) >= 11 is 0. The average Bonchev–Trinajstić information content (AvgIpc) is 3.47. The number of aryl methyl sites for hydroxylation is 1. The molecule has 30 heavy (non-hydrogen) atoms. The second-order valence-corrected chi connectivity index (χ2v) is 7.45. The lowest BCUT2D eigenvalue weighted by molar-refractivity contribution is -0.178. The number of amides is 2. The number of aromatic nitrogens is 2. The van der Waals surface area contributed by atoms with Crippen LogP contribution in [0.1, 0.15) is 29.5 Å². The van der Waals surface area contributed by atoms with Crippen LogP contribution in [0.3, 0.4) is 0 Å². The zero-order valence-electron chi connectivity index (χ0n) is 15.8. The van der Waals surface area contributed by atoms with Gasteiger partial charge in [-0.25, -0.2) is 9.59 Å². The number of nitrogens with zero attached hydrogens (tertiary/aromatic N) is 1. The van der Waals surface area contributed by atoms with Gasteiger partial charge in [-0.3, -0.25) is 14.3 Å². The van der Waals surface area contributed by atoms with E-state index in [4.69, 9.17) is 0 Å². The van der Waals surface area contributed by atoms with Crippen molar-refractivity contribution in [3.8, 4) is 11.8 Å². The third-order valence-electron chi connectivity index (χ3n) is 5.05. The summed E-state index contributed by atoms with van der Waals surface area (Å²) in [6.45, 7) is 1.53. The zero-order chi connectivity index (χ0) is 21.7. The topological polar surface area (TPSA) is 96.0 Å². The Kier molecular flexibility index (Phi) is 4.49. The number of halogens is 3. The Labute approximate surface area is 168 Å². The van der Waals surface area contributed by atoms with Crippen molar-refractivity contribution >= 4 is 11.7 Å². The summed E-state index contributed by atoms with van der Waals surface area (Å²) < 4.78 is 43.5. The van der Waals surface area contributed by atoms with Gasteiger partial charge in [0.2, 0.25) is 5.54 Å². The fraction of sp³-hybridized carbons (Fsp3) is 0.350. The molecule has 2 aromatic rings. The fourth-order valence-corrected chi connectivity index (χ4v) is 3.28. The van der Waals surface area contributed by atoms with Crippen LogP contribution in [0.4, 0.5) is 23.7 Å². The first-order valence-corrected chi connectivity index (χ1v) is 9.21. The molecule has 1 saturated carbocycles. The number of H-pyrrole nitrogens is 1. The van der Waals surface area contributed by atoms with Gasteiger partial charge in [-0.15, -0.1) is 0 Å². The molecule has 1 aromatic heterocycles. The number of anilines is 1. The van der Waals surface area contributed by atoms with Crippen LogP contribution in [0.25, 0.3) is 0 Å². The number of benzene rings is 1. The van der Waals surface area contributed by atoms with E-state index in [1.54, 1.807) is 0 Å². The molecule has 1 aromatic carbocycles. The van der Waals surface area contributed by atoms with Gasteiger partial charge in [0.1, 0.15) is 0 Å². The summed E-state index contributed by atoms with van der Waals surface area (Å²) in [6, 6.07) is 3.04. The van der Waals surface area contributed by atoms with Crippen molar-refractivity contribution in [1.29, 1.82) is 0 Å². The van der Waals surface area contributed by atoms with Crippen LogP contribution in [-0.2, 0) is 12.1 Å². The first-order valence-electron chi connectivity index (χ1n) is 9.21. The summed E-state index contributed by atoms with van der Waals surface area (Å²) in [6.07, 6.45) is -1.99. The lowest BCUT2D eigenvalue weighted by Crippen LogP contribution is -2.59. The smallest absolute Gasteiger partial charge is 0.310 e. The van der Waals surface area contributed by atoms with E-state index in [0.717, 1.165) is 12.8 Å². The van der Waals surface area contributed by atoms with Gasteiger partial charge in [0, 0.05) is 28.9 Å². The van der Waals surface area contributed by atoms with E-state index in [0.29, 0.717) is 11.1 Å². The first-order chi connectivity index (χ1) is 14.1. The van der Waals surface area contributed by atoms with Gasteiger partial charge in [-0.05, 0) is 31.4 Å². The van der Waals surface area contributed by atoms with Gasteiger partial charge in [-0.1, -0.05) is 24.0 Å². The van der Waals surface area contributed by atoms with Crippen molar-refractivity contribution in [3.05, 3.63) is 61.9 Å². The highest BCUT2D eigenvalue weighted by Crippen LogP contribution is 2.44. The van der Waals surface area contributed by atoms with Crippen LogP contribution in [0.2, 0.25) is 0 Å². The van der Waals surface area contributed by atoms with E-state index < -0.39 is 29.0 Å². The van der Waals surface area contributed by atoms with Crippen LogP contribution >= 0.6 is 0 Å². The van der Waals surface area contributed by atoms with E-state index in [9.17, 15) is 27.6 Å². The molecule has 0 saturated heterocycles. The standard InChI is InChI=1S/C20H17F3N4O3/c1-11-9-27(18(30)25-16(11)28)10-13-4-5-14-15(8-13)24-17(29)26-19(14,20(21,22)23)7-6-12-2-3-12/h4-5,8-9,12H,2-3,10H2,1H3,(H2,24,26,29)(H,25,28,30)/t19-/m0/s1. The molecule has 1 aliphatic carbocycles. The van der Waals surface area contributed by atoms with E-state index >= 15 is 0 Å². The van der Waals surface area contributed by atoms with Crippen LogP contribution in [-0.4, -0.2) is 21.8 Å². The molecule has 1 atom stereocenters. The minimum absolute atomic E-state index is 0.000196. The maximum Gasteiger partial charge on any atom is 0.427 e. The Morgan fingerprint density at radius 2 is 1.97 bits per heavy atom. The quantitative estimate of drug-likeness (QED) is 0.653.